The number of carbonyl (C=O) groups excluding carboxylic acids is 1. The van der Waals surface area contributed by atoms with Gasteiger partial charge in [0.25, 0.3) is 0 Å². The number of amides is 2. The number of benzene rings is 1. The number of ether oxygens (including phenoxy) is 1. The van der Waals surface area contributed by atoms with Gasteiger partial charge in [-0.15, -0.1) is 0 Å². The first-order valence-electron chi connectivity index (χ1n) is 8.50. The number of hydrogen-bond donors (Lipinski definition) is 1. The summed E-state index contributed by atoms with van der Waals surface area (Å²) in [6.45, 7) is 0.877. The van der Waals surface area contributed by atoms with Gasteiger partial charge in [-0.25, -0.2) is 4.79 Å². The lowest BCUT2D eigenvalue weighted by Gasteiger charge is -2.38. The number of carbonyl (C=O) groups is 1. The molecule has 2 aliphatic rings. The maximum atomic E-state index is 12.8. The zero-order chi connectivity index (χ0) is 15.4. The number of hydrogen-bond acceptors (Lipinski definition) is 2. The number of nitrogens with one attached hydrogen (secondary N) is 1. The van der Waals surface area contributed by atoms with Crippen molar-refractivity contribution in [1.82, 2.24) is 4.90 Å². The fourth-order valence-electron chi connectivity index (χ4n) is 3.98. The third-order valence-electron chi connectivity index (χ3n) is 5.10. The summed E-state index contributed by atoms with van der Waals surface area (Å²) in [6.07, 6.45) is 8.66. The third-order valence-corrected chi connectivity index (χ3v) is 5.10. The minimum Gasteiger partial charge on any atom is -0.495 e. The Labute approximate surface area is 132 Å². The Balaban J connectivity index is 1.74. The first kappa shape index (κ1) is 15.2. The lowest BCUT2D eigenvalue weighted by Crippen LogP contribution is -2.47. The van der Waals surface area contributed by atoms with Crippen molar-refractivity contribution in [1.29, 1.82) is 0 Å². The normalized spacial score (nSPS) is 25.0. The zero-order valence-corrected chi connectivity index (χ0v) is 13.4. The van der Waals surface area contributed by atoms with Crippen molar-refractivity contribution in [3.63, 3.8) is 0 Å². The first-order chi connectivity index (χ1) is 10.8. The standard InChI is InChI=1S/C18H26N2O2/c1-22-17-12-5-3-10-15(17)19-18(21)20-13-7-6-9-14-8-2-4-11-16(14)20/h3,5,10,12,14,16H,2,4,6-9,11,13H2,1H3,(H,19,21)/t14-,16+/m1/s1. The molecule has 0 radical (unpaired) electrons. The lowest BCUT2D eigenvalue weighted by atomic mass is 9.82. The SMILES string of the molecule is COc1ccccc1NC(=O)N1CCCC[C@H]2CCCC[C@@H]21. The number of likely N-dealkylation sites (tertiary alicyclic amines) is 1. The van der Waals surface area contributed by atoms with E-state index in [1.165, 1.54) is 32.1 Å². The molecular formula is C18H26N2O2. The Hall–Kier alpha value is -1.71. The minimum absolute atomic E-state index is 0.0308. The molecular weight excluding hydrogens is 276 g/mol. The van der Waals surface area contributed by atoms with E-state index in [2.05, 4.69) is 10.2 Å². The van der Waals surface area contributed by atoms with Gasteiger partial charge < -0.3 is 15.0 Å². The van der Waals surface area contributed by atoms with Crippen molar-refractivity contribution in [3.05, 3.63) is 24.3 Å². The largest absolute Gasteiger partial charge is 0.495 e. The van der Waals surface area contributed by atoms with Crippen LogP contribution in [0.2, 0.25) is 0 Å². The molecule has 2 fully saturated rings. The van der Waals surface area contributed by atoms with Gasteiger partial charge in [0.05, 0.1) is 12.8 Å². The second kappa shape index (κ2) is 7.03. The maximum Gasteiger partial charge on any atom is 0.322 e. The molecule has 1 saturated heterocycles. The average Bonchev–Trinajstić information content (AvgIpc) is 2.78. The molecule has 4 heteroatoms. The van der Waals surface area contributed by atoms with Crippen LogP contribution in [0.3, 0.4) is 0 Å². The quantitative estimate of drug-likeness (QED) is 0.886. The fourth-order valence-corrected chi connectivity index (χ4v) is 3.98. The molecule has 2 atom stereocenters. The number of nitrogens with zero attached hydrogens (tertiary/aromatic N) is 1. The van der Waals surface area contributed by atoms with Crippen LogP contribution in [0.1, 0.15) is 44.9 Å². The van der Waals surface area contributed by atoms with Gasteiger partial charge in [0.1, 0.15) is 5.75 Å². The van der Waals surface area contributed by atoms with Gasteiger partial charge >= 0.3 is 6.03 Å². The molecule has 1 aromatic rings. The van der Waals surface area contributed by atoms with Crippen LogP contribution in [0, 0.1) is 5.92 Å². The predicted molar refractivity (Wildman–Crippen MR) is 88.3 cm³/mol. The smallest absolute Gasteiger partial charge is 0.322 e. The van der Waals surface area contributed by atoms with Crippen LogP contribution in [0.15, 0.2) is 24.3 Å². The predicted octanol–water partition coefficient (Wildman–Crippen LogP) is 4.27. The van der Waals surface area contributed by atoms with E-state index in [4.69, 9.17) is 4.74 Å². The topological polar surface area (TPSA) is 41.6 Å². The van der Waals surface area contributed by atoms with Crippen molar-refractivity contribution < 1.29 is 9.53 Å². The summed E-state index contributed by atoms with van der Waals surface area (Å²) < 4.78 is 5.33. The van der Waals surface area contributed by atoms with Gasteiger partial charge in [-0.3, -0.25) is 0 Å². The Kier molecular flexibility index (Phi) is 4.86. The van der Waals surface area contributed by atoms with Crippen molar-refractivity contribution in [2.75, 3.05) is 19.0 Å². The van der Waals surface area contributed by atoms with E-state index in [-0.39, 0.29) is 6.03 Å². The third kappa shape index (κ3) is 3.21. The summed E-state index contributed by atoms with van der Waals surface area (Å²) in [5, 5.41) is 3.05. The Bertz CT molecular complexity index is 518. The van der Waals surface area contributed by atoms with Gasteiger partial charge in [0, 0.05) is 12.6 Å². The molecule has 120 valence electrons. The maximum absolute atomic E-state index is 12.8. The van der Waals surface area contributed by atoms with E-state index in [1.807, 2.05) is 24.3 Å². The number of fused-ring (bicyclic) bond motifs is 1. The summed E-state index contributed by atoms with van der Waals surface area (Å²) in [4.78, 5) is 14.9. The molecule has 0 bridgehead atoms. The van der Waals surface area contributed by atoms with Crippen molar-refractivity contribution in [2.45, 2.75) is 51.0 Å². The van der Waals surface area contributed by atoms with E-state index >= 15 is 0 Å². The second-order valence-corrected chi connectivity index (χ2v) is 6.43. The highest BCUT2D eigenvalue weighted by Gasteiger charge is 2.34. The average molecular weight is 302 g/mol. The van der Waals surface area contributed by atoms with Crippen LogP contribution in [0.25, 0.3) is 0 Å². The summed E-state index contributed by atoms with van der Waals surface area (Å²) in [5.41, 5.74) is 0.756. The molecule has 0 aromatic heterocycles. The van der Waals surface area contributed by atoms with Crippen molar-refractivity contribution in [2.24, 2.45) is 5.92 Å². The van der Waals surface area contributed by atoms with Gasteiger partial charge in [0.2, 0.25) is 0 Å². The molecule has 4 nitrogen and oxygen atoms in total. The van der Waals surface area contributed by atoms with Crippen LogP contribution < -0.4 is 10.1 Å². The van der Waals surface area contributed by atoms with Crippen LogP contribution in [0.4, 0.5) is 10.5 Å². The van der Waals surface area contributed by atoms with Gasteiger partial charge in [-0.05, 0) is 43.7 Å². The fraction of sp³-hybridized carbons (Fsp3) is 0.611. The summed E-state index contributed by atoms with van der Waals surface area (Å²) in [7, 11) is 1.63. The van der Waals surface area contributed by atoms with Gasteiger partial charge in [-0.1, -0.05) is 31.4 Å². The first-order valence-corrected chi connectivity index (χ1v) is 8.50. The zero-order valence-electron chi connectivity index (χ0n) is 13.4. The molecule has 1 N–H and O–H groups in total. The number of para-hydroxylation sites is 2. The molecule has 22 heavy (non-hydrogen) atoms. The van der Waals surface area contributed by atoms with Crippen LogP contribution in [-0.2, 0) is 0 Å². The van der Waals surface area contributed by atoms with Gasteiger partial charge in [-0.2, -0.15) is 0 Å². The monoisotopic (exact) mass is 302 g/mol. The lowest BCUT2D eigenvalue weighted by molar-refractivity contribution is 0.138. The molecule has 0 unspecified atom stereocenters. The highest BCUT2D eigenvalue weighted by atomic mass is 16.5. The van der Waals surface area contributed by atoms with E-state index in [0.29, 0.717) is 17.7 Å². The number of anilines is 1. The molecule has 3 rings (SSSR count). The Morgan fingerprint density at radius 2 is 1.86 bits per heavy atom. The summed E-state index contributed by atoms with van der Waals surface area (Å²) in [5.74, 6) is 1.41. The van der Waals surface area contributed by atoms with Crippen LogP contribution in [-0.4, -0.2) is 30.6 Å². The molecule has 1 heterocycles. The molecule has 1 aliphatic carbocycles. The molecule has 1 aliphatic heterocycles. The highest BCUT2D eigenvalue weighted by Crippen LogP contribution is 2.35. The Morgan fingerprint density at radius 3 is 2.68 bits per heavy atom. The summed E-state index contributed by atoms with van der Waals surface area (Å²) >= 11 is 0. The second-order valence-electron chi connectivity index (χ2n) is 6.43. The summed E-state index contributed by atoms with van der Waals surface area (Å²) in [6, 6.07) is 8.06. The number of urea groups is 1. The number of rotatable bonds is 2. The van der Waals surface area contributed by atoms with E-state index < -0.39 is 0 Å². The molecule has 1 saturated carbocycles. The van der Waals surface area contributed by atoms with Crippen molar-refractivity contribution >= 4 is 11.7 Å². The van der Waals surface area contributed by atoms with E-state index in [1.54, 1.807) is 7.11 Å². The Morgan fingerprint density at radius 1 is 1.14 bits per heavy atom. The van der Waals surface area contributed by atoms with Crippen LogP contribution >= 0.6 is 0 Å². The van der Waals surface area contributed by atoms with E-state index in [0.717, 1.165) is 25.1 Å². The van der Waals surface area contributed by atoms with Crippen molar-refractivity contribution in [3.8, 4) is 5.75 Å². The molecule has 0 spiro atoms. The van der Waals surface area contributed by atoms with Crippen LogP contribution in [0.5, 0.6) is 5.75 Å². The number of methoxy groups -OCH3 is 1. The molecule has 1 aromatic carbocycles. The highest BCUT2D eigenvalue weighted by molar-refractivity contribution is 5.91. The molecule has 2 amide bonds. The van der Waals surface area contributed by atoms with Gasteiger partial charge in [0.15, 0.2) is 0 Å². The van der Waals surface area contributed by atoms with E-state index in [9.17, 15) is 4.79 Å². The minimum atomic E-state index is 0.0308.